The van der Waals surface area contributed by atoms with Crippen LogP contribution in [0.25, 0.3) is 0 Å². The van der Waals surface area contributed by atoms with Crippen LogP contribution in [0.4, 0.5) is 5.69 Å². The van der Waals surface area contributed by atoms with Gasteiger partial charge in [0.2, 0.25) is 0 Å². The van der Waals surface area contributed by atoms with Crippen molar-refractivity contribution in [1.82, 2.24) is 4.90 Å². The third-order valence-corrected chi connectivity index (χ3v) is 4.89. The van der Waals surface area contributed by atoms with Crippen LogP contribution in [0.1, 0.15) is 34.2 Å². The maximum absolute atomic E-state index is 5.92. The van der Waals surface area contributed by atoms with Crippen LogP contribution in [0.15, 0.2) is 36.4 Å². The van der Waals surface area contributed by atoms with Gasteiger partial charge in [-0.1, -0.05) is 24.3 Å². The molecule has 2 aromatic rings. The standard InChI is InChI=1S/C19H22N2/c20-19-7-6-16-8-9-21(13-18(16)11-19)12-14-4-5-15-2-1-3-17(15)10-14/h4-7,10-11H,1-3,8-9,12-13,20H2. The summed E-state index contributed by atoms with van der Waals surface area (Å²) < 4.78 is 0. The van der Waals surface area contributed by atoms with E-state index in [9.17, 15) is 0 Å². The van der Waals surface area contributed by atoms with Crippen molar-refractivity contribution in [1.29, 1.82) is 0 Å². The van der Waals surface area contributed by atoms with Gasteiger partial charge in [-0.15, -0.1) is 0 Å². The number of fused-ring (bicyclic) bond motifs is 2. The maximum Gasteiger partial charge on any atom is 0.0317 e. The first kappa shape index (κ1) is 12.9. The number of benzene rings is 2. The molecule has 1 aliphatic carbocycles. The summed E-state index contributed by atoms with van der Waals surface area (Å²) in [5.41, 5.74) is 14.3. The van der Waals surface area contributed by atoms with Gasteiger partial charge in [-0.05, 0) is 65.6 Å². The van der Waals surface area contributed by atoms with Gasteiger partial charge in [0.15, 0.2) is 0 Å². The fraction of sp³-hybridized carbons (Fsp3) is 0.368. The number of nitrogens with two attached hydrogens (primary N) is 1. The monoisotopic (exact) mass is 278 g/mol. The van der Waals surface area contributed by atoms with E-state index >= 15 is 0 Å². The topological polar surface area (TPSA) is 29.3 Å². The van der Waals surface area contributed by atoms with Gasteiger partial charge in [-0.25, -0.2) is 0 Å². The maximum atomic E-state index is 5.92. The average molecular weight is 278 g/mol. The summed E-state index contributed by atoms with van der Waals surface area (Å²) in [4.78, 5) is 2.54. The molecule has 4 rings (SSSR count). The summed E-state index contributed by atoms with van der Waals surface area (Å²) in [5.74, 6) is 0. The third-order valence-electron chi connectivity index (χ3n) is 4.89. The summed E-state index contributed by atoms with van der Waals surface area (Å²) >= 11 is 0. The Kier molecular flexibility index (Phi) is 3.19. The molecule has 2 N–H and O–H groups in total. The lowest BCUT2D eigenvalue weighted by atomic mass is 9.98. The minimum absolute atomic E-state index is 0.883. The second-order valence-corrected chi connectivity index (χ2v) is 6.45. The minimum Gasteiger partial charge on any atom is -0.399 e. The zero-order valence-corrected chi connectivity index (χ0v) is 12.4. The minimum atomic E-state index is 0.883. The van der Waals surface area contributed by atoms with Crippen LogP contribution in [-0.2, 0) is 32.4 Å². The van der Waals surface area contributed by atoms with Crippen molar-refractivity contribution < 1.29 is 0 Å². The molecular weight excluding hydrogens is 256 g/mol. The Morgan fingerprint density at radius 2 is 1.67 bits per heavy atom. The number of nitrogen functional groups attached to an aromatic ring is 1. The highest BCUT2D eigenvalue weighted by atomic mass is 15.1. The van der Waals surface area contributed by atoms with Crippen molar-refractivity contribution in [3.8, 4) is 0 Å². The van der Waals surface area contributed by atoms with E-state index < -0.39 is 0 Å². The van der Waals surface area contributed by atoms with Gasteiger partial charge >= 0.3 is 0 Å². The molecule has 2 nitrogen and oxygen atoms in total. The van der Waals surface area contributed by atoms with Crippen LogP contribution in [0.5, 0.6) is 0 Å². The van der Waals surface area contributed by atoms with Crippen LogP contribution in [-0.4, -0.2) is 11.4 Å². The highest BCUT2D eigenvalue weighted by Crippen LogP contribution is 2.26. The summed E-state index contributed by atoms with van der Waals surface area (Å²) in [6, 6.07) is 13.4. The van der Waals surface area contributed by atoms with Crippen molar-refractivity contribution in [3.05, 3.63) is 64.2 Å². The predicted octanol–water partition coefficient (Wildman–Crippen LogP) is 3.32. The fourth-order valence-corrected chi connectivity index (χ4v) is 3.75. The molecule has 0 saturated carbocycles. The molecule has 2 aliphatic rings. The number of nitrogens with zero attached hydrogens (tertiary/aromatic N) is 1. The molecule has 0 bridgehead atoms. The lowest BCUT2D eigenvalue weighted by Crippen LogP contribution is -2.30. The Morgan fingerprint density at radius 1 is 0.857 bits per heavy atom. The normalized spacial score (nSPS) is 17.5. The molecule has 2 aromatic carbocycles. The lowest BCUT2D eigenvalue weighted by Gasteiger charge is -2.29. The molecule has 1 aliphatic heterocycles. The number of rotatable bonds is 2. The van der Waals surface area contributed by atoms with Crippen LogP contribution in [0.3, 0.4) is 0 Å². The molecular formula is C19H22N2. The van der Waals surface area contributed by atoms with E-state index in [-0.39, 0.29) is 0 Å². The van der Waals surface area contributed by atoms with Crippen LogP contribution in [0.2, 0.25) is 0 Å². The van der Waals surface area contributed by atoms with Crippen molar-refractivity contribution >= 4 is 5.69 Å². The van der Waals surface area contributed by atoms with E-state index in [4.69, 9.17) is 5.73 Å². The molecule has 0 unspecified atom stereocenters. The Balaban J connectivity index is 1.51. The number of anilines is 1. The summed E-state index contributed by atoms with van der Waals surface area (Å²) in [5, 5.41) is 0. The molecule has 0 spiro atoms. The number of hydrogen-bond acceptors (Lipinski definition) is 2. The van der Waals surface area contributed by atoms with Gasteiger partial charge in [0.25, 0.3) is 0 Å². The molecule has 0 aromatic heterocycles. The zero-order chi connectivity index (χ0) is 14.2. The average Bonchev–Trinajstić information content (AvgIpc) is 2.94. The molecule has 1 heterocycles. The summed E-state index contributed by atoms with van der Waals surface area (Å²) in [7, 11) is 0. The van der Waals surface area contributed by atoms with Gasteiger partial charge in [-0.3, -0.25) is 4.90 Å². The number of hydrogen-bond donors (Lipinski definition) is 1. The van der Waals surface area contributed by atoms with E-state index in [0.717, 1.165) is 31.7 Å². The van der Waals surface area contributed by atoms with E-state index in [1.165, 1.54) is 36.0 Å². The highest BCUT2D eigenvalue weighted by Gasteiger charge is 2.17. The molecule has 0 radical (unpaired) electrons. The molecule has 0 saturated heterocycles. The second-order valence-electron chi connectivity index (χ2n) is 6.45. The number of aryl methyl sites for hydroxylation is 2. The summed E-state index contributed by atoms with van der Waals surface area (Å²) in [6.07, 6.45) is 5.00. The predicted molar refractivity (Wildman–Crippen MR) is 87.1 cm³/mol. The van der Waals surface area contributed by atoms with Crippen molar-refractivity contribution in [2.45, 2.75) is 38.8 Å². The van der Waals surface area contributed by atoms with Crippen molar-refractivity contribution in [3.63, 3.8) is 0 Å². The van der Waals surface area contributed by atoms with Gasteiger partial charge in [0, 0.05) is 25.3 Å². The van der Waals surface area contributed by atoms with Crippen molar-refractivity contribution in [2.24, 2.45) is 0 Å². The van der Waals surface area contributed by atoms with Crippen LogP contribution >= 0.6 is 0 Å². The smallest absolute Gasteiger partial charge is 0.0317 e. The Morgan fingerprint density at radius 3 is 2.62 bits per heavy atom. The Bertz CT molecular complexity index is 675. The van der Waals surface area contributed by atoms with Gasteiger partial charge in [0.05, 0.1) is 0 Å². The molecule has 0 fully saturated rings. The fourth-order valence-electron chi connectivity index (χ4n) is 3.75. The van der Waals surface area contributed by atoms with Crippen molar-refractivity contribution in [2.75, 3.05) is 12.3 Å². The first-order chi connectivity index (χ1) is 10.3. The quantitative estimate of drug-likeness (QED) is 0.854. The third kappa shape index (κ3) is 2.56. The Hall–Kier alpha value is -1.80. The zero-order valence-electron chi connectivity index (χ0n) is 12.4. The van der Waals surface area contributed by atoms with Gasteiger partial charge in [-0.2, -0.15) is 0 Å². The summed E-state index contributed by atoms with van der Waals surface area (Å²) in [6.45, 7) is 3.23. The highest BCUT2D eigenvalue weighted by molar-refractivity contribution is 5.45. The van der Waals surface area contributed by atoms with E-state index in [1.54, 1.807) is 11.1 Å². The molecule has 0 atom stereocenters. The molecule has 0 amide bonds. The first-order valence-electron chi connectivity index (χ1n) is 7.98. The molecule has 21 heavy (non-hydrogen) atoms. The largest absolute Gasteiger partial charge is 0.399 e. The van der Waals surface area contributed by atoms with Crippen LogP contribution in [0, 0.1) is 0 Å². The second kappa shape index (κ2) is 5.19. The van der Waals surface area contributed by atoms with Crippen LogP contribution < -0.4 is 5.73 Å². The SMILES string of the molecule is Nc1ccc2c(c1)CN(Cc1ccc3c(c1)CCC3)CC2. The Labute approximate surface area is 126 Å². The van der Waals surface area contributed by atoms with E-state index in [1.807, 2.05) is 6.07 Å². The van der Waals surface area contributed by atoms with E-state index in [2.05, 4.69) is 35.2 Å². The lowest BCUT2D eigenvalue weighted by molar-refractivity contribution is 0.245. The van der Waals surface area contributed by atoms with Gasteiger partial charge < -0.3 is 5.73 Å². The molecule has 108 valence electrons. The first-order valence-corrected chi connectivity index (χ1v) is 7.98. The van der Waals surface area contributed by atoms with E-state index in [0.29, 0.717) is 0 Å². The van der Waals surface area contributed by atoms with Gasteiger partial charge in [0.1, 0.15) is 0 Å². The molecule has 2 heteroatoms.